The number of carboxylic acids is 1. The number of carboxylic acid groups (broad SMARTS) is 1. The standard InChI is InChI=1S/C13H20N2O3/c1-14(10-13(17)18)9-11-4-3-5-12(8-11)15(2)6-7-16/h3-5,8,16H,6-7,9-10H2,1-2H3,(H,17,18). The van der Waals surface area contributed by atoms with Crippen molar-refractivity contribution in [3.8, 4) is 0 Å². The molecule has 0 aliphatic heterocycles. The van der Waals surface area contributed by atoms with Crippen LogP contribution >= 0.6 is 0 Å². The molecule has 0 fully saturated rings. The Morgan fingerprint density at radius 3 is 2.67 bits per heavy atom. The first-order valence-electron chi connectivity index (χ1n) is 5.84. The lowest BCUT2D eigenvalue weighted by Gasteiger charge is -2.20. The van der Waals surface area contributed by atoms with E-state index in [0.29, 0.717) is 13.1 Å². The Morgan fingerprint density at radius 1 is 1.33 bits per heavy atom. The summed E-state index contributed by atoms with van der Waals surface area (Å²) < 4.78 is 0. The molecule has 0 saturated heterocycles. The second-order valence-electron chi connectivity index (χ2n) is 4.38. The zero-order valence-electron chi connectivity index (χ0n) is 10.8. The zero-order chi connectivity index (χ0) is 13.5. The number of nitrogens with zero attached hydrogens (tertiary/aromatic N) is 2. The number of aliphatic hydroxyl groups is 1. The molecule has 0 aliphatic carbocycles. The fourth-order valence-electron chi connectivity index (χ4n) is 1.77. The Balaban J connectivity index is 2.67. The number of anilines is 1. The molecule has 18 heavy (non-hydrogen) atoms. The van der Waals surface area contributed by atoms with Gasteiger partial charge >= 0.3 is 5.97 Å². The quantitative estimate of drug-likeness (QED) is 0.745. The third-order valence-electron chi connectivity index (χ3n) is 2.64. The monoisotopic (exact) mass is 252 g/mol. The number of rotatable bonds is 7. The van der Waals surface area contributed by atoms with E-state index in [1.807, 2.05) is 36.2 Å². The zero-order valence-corrected chi connectivity index (χ0v) is 10.8. The van der Waals surface area contributed by atoms with Crippen LogP contribution in [0, 0.1) is 0 Å². The first-order valence-corrected chi connectivity index (χ1v) is 5.84. The van der Waals surface area contributed by atoms with Crippen LogP contribution in [0.5, 0.6) is 0 Å². The van der Waals surface area contributed by atoms with Gasteiger partial charge in [0.15, 0.2) is 0 Å². The Kier molecular flexibility index (Phi) is 5.61. The second-order valence-corrected chi connectivity index (χ2v) is 4.38. The number of likely N-dealkylation sites (N-methyl/N-ethyl adjacent to an activating group) is 2. The van der Waals surface area contributed by atoms with Crippen LogP contribution in [-0.4, -0.2) is 54.9 Å². The molecular formula is C13H20N2O3. The Hall–Kier alpha value is -1.59. The molecule has 0 aromatic heterocycles. The summed E-state index contributed by atoms with van der Waals surface area (Å²) in [6, 6.07) is 7.88. The number of aliphatic hydroxyl groups excluding tert-OH is 1. The normalized spacial score (nSPS) is 10.7. The van der Waals surface area contributed by atoms with Crippen molar-refractivity contribution < 1.29 is 15.0 Å². The van der Waals surface area contributed by atoms with Gasteiger partial charge < -0.3 is 15.1 Å². The highest BCUT2D eigenvalue weighted by Crippen LogP contribution is 2.15. The summed E-state index contributed by atoms with van der Waals surface area (Å²) in [7, 11) is 3.69. The van der Waals surface area contributed by atoms with E-state index in [-0.39, 0.29) is 13.2 Å². The average Bonchev–Trinajstić information content (AvgIpc) is 2.28. The SMILES string of the molecule is CN(CC(=O)O)Cc1cccc(N(C)CCO)c1. The van der Waals surface area contributed by atoms with Crippen molar-refractivity contribution in [2.75, 3.05) is 38.7 Å². The second kappa shape index (κ2) is 6.98. The van der Waals surface area contributed by atoms with Gasteiger partial charge in [-0.1, -0.05) is 12.1 Å². The molecule has 1 aromatic carbocycles. The summed E-state index contributed by atoms with van der Waals surface area (Å²) in [4.78, 5) is 14.3. The summed E-state index contributed by atoms with van der Waals surface area (Å²) in [6.45, 7) is 1.30. The maximum Gasteiger partial charge on any atom is 0.317 e. The molecule has 0 heterocycles. The molecule has 5 nitrogen and oxygen atoms in total. The Labute approximate surface area is 107 Å². The molecule has 0 saturated carbocycles. The third kappa shape index (κ3) is 4.73. The van der Waals surface area contributed by atoms with Gasteiger partial charge in [-0.05, 0) is 24.7 Å². The van der Waals surface area contributed by atoms with E-state index in [1.54, 1.807) is 11.9 Å². The fourth-order valence-corrected chi connectivity index (χ4v) is 1.77. The molecule has 1 aromatic rings. The molecule has 0 unspecified atom stereocenters. The van der Waals surface area contributed by atoms with Gasteiger partial charge in [0.2, 0.25) is 0 Å². The van der Waals surface area contributed by atoms with Gasteiger partial charge in [-0.2, -0.15) is 0 Å². The van der Waals surface area contributed by atoms with Crippen LogP contribution in [-0.2, 0) is 11.3 Å². The summed E-state index contributed by atoms with van der Waals surface area (Å²) in [5, 5.41) is 17.6. The van der Waals surface area contributed by atoms with Gasteiger partial charge in [0.25, 0.3) is 0 Å². The van der Waals surface area contributed by atoms with Gasteiger partial charge in [-0.3, -0.25) is 9.69 Å². The highest BCUT2D eigenvalue weighted by atomic mass is 16.4. The van der Waals surface area contributed by atoms with Gasteiger partial charge in [0.1, 0.15) is 0 Å². The van der Waals surface area contributed by atoms with E-state index in [0.717, 1.165) is 11.3 Å². The molecule has 0 atom stereocenters. The maximum absolute atomic E-state index is 10.6. The summed E-state index contributed by atoms with van der Waals surface area (Å²) >= 11 is 0. The summed E-state index contributed by atoms with van der Waals surface area (Å²) in [5.41, 5.74) is 2.08. The number of hydrogen-bond acceptors (Lipinski definition) is 4. The molecule has 100 valence electrons. The van der Waals surface area contributed by atoms with Crippen molar-refractivity contribution in [2.24, 2.45) is 0 Å². The minimum Gasteiger partial charge on any atom is -0.480 e. The van der Waals surface area contributed by atoms with Gasteiger partial charge in [0, 0.05) is 25.8 Å². The summed E-state index contributed by atoms with van der Waals surface area (Å²) in [5.74, 6) is -0.828. The van der Waals surface area contributed by atoms with E-state index >= 15 is 0 Å². The van der Waals surface area contributed by atoms with Crippen LogP contribution in [0.2, 0.25) is 0 Å². The van der Waals surface area contributed by atoms with Crippen molar-refractivity contribution >= 4 is 11.7 Å². The van der Waals surface area contributed by atoms with Crippen molar-refractivity contribution in [1.82, 2.24) is 4.90 Å². The van der Waals surface area contributed by atoms with E-state index in [9.17, 15) is 4.79 Å². The van der Waals surface area contributed by atoms with Gasteiger partial charge in [0.05, 0.1) is 13.2 Å². The van der Waals surface area contributed by atoms with E-state index in [2.05, 4.69) is 0 Å². The highest BCUT2D eigenvalue weighted by molar-refractivity contribution is 5.69. The molecule has 0 spiro atoms. The number of aliphatic carboxylic acids is 1. The lowest BCUT2D eigenvalue weighted by atomic mass is 10.2. The topological polar surface area (TPSA) is 64.0 Å². The highest BCUT2D eigenvalue weighted by Gasteiger charge is 2.06. The lowest BCUT2D eigenvalue weighted by molar-refractivity contribution is -0.138. The van der Waals surface area contributed by atoms with E-state index in [4.69, 9.17) is 10.2 Å². The van der Waals surface area contributed by atoms with Crippen LogP contribution in [0.15, 0.2) is 24.3 Å². The van der Waals surface area contributed by atoms with E-state index in [1.165, 1.54) is 0 Å². The molecule has 2 N–H and O–H groups in total. The van der Waals surface area contributed by atoms with Crippen molar-refractivity contribution in [3.05, 3.63) is 29.8 Å². The number of hydrogen-bond donors (Lipinski definition) is 2. The molecule has 0 radical (unpaired) electrons. The fraction of sp³-hybridized carbons (Fsp3) is 0.462. The molecule has 1 rings (SSSR count). The predicted molar refractivity (Wildman–Crippen MR) is 70.8 cm³/mol. The van der Waals surface area contributed by atoms with Crippen LogP contribution in [0.3, 0.4) is 0 Å². The van der Waals surface area contributed by atoms with Crippen molar-refractivity contribution in [1.29, 1.82) is 0 Å². The molecular weight excluding hydrogens is 232 g/mol. The van der Waals surface area contributed by atoms with Gasteiger partial charge in [-0.15, -0.1) is 0 Å². The molecule has 0 amide bonds. The van der Waals surface area contributed by atoms with E-state index < -0.39 is 5.97 Å². The van der Waals surface area contributed by atoms with Crippen LogP contribution in [0.1, 0.15) is 5.56 Å². The smallest absolute Gasteiger partial charge is 0.317 e. The number of carbonyl (C=O) groups is 1. The molecule has 0 bridgehead atoms. The van der Waals surface area contributed by atoms with Crippen molar-refractivity contribution in [3.63, 3.8) is 0 Å². The molecule has 0 aliphatic rings. The largest absolute Gasteiger partial charge is 0.480 e. The molecule has 5 heteroatoms. The van der Waals surface area contributed by atoms with Gasteiger partial charge in [-0.25, -0.2) is 0 Å². The Morgan fingerprint density at radius 2 is 2.06 bits per heavy atom. The first kappa shape index (κ1) is 14.5. The number of benzene rings is 1. The maximum atomic E-state index is 10.6. The first-order chi connectivity index (χ1) is 8.52. The third-order valence-corrected chi connectivity index (χ3v) is 2.64. The van der Waals surface area contributed by atoms with Crippen LogP contribution in [0.4, 0.5) is 5.69 Å². The Bertz CT molecular complexity index is 396. The summed E-state index contributed by atoms with van der Waals surface area (Å²) in [6.07, 6.45) is 0. The average molecular weight is 252 g/mol. The predicted octanol–water partition coefficient (Wildman–Crippen LogP) is 0.631. The van der Waals surface area contributed by atoms with Crippen LogP contribution < -0.4 is 4.90 Å². The lowest BCUT2D eigenvalue weighted by Crippen LogP contribution is -2.25. The van der Waals surface area contributed by atoms with Crippen LogP contribution in [0.25, 0.3) is 0 Å². The minimum atomic E-state index is -0.828. The van der Waals surface area contributed by atoms with Crippen molar-refractivity contribution in [2.45, 2.75) is 6.54 Å². The minimum absolute atomic E-state index is 0.0245.